The lowest BCUT2D eigenvalue weighted by Gasteiger charge is -2.35. The summed E-state index contributed by atoms with van der Waals surface area (Å²) in [6, 6.07) is 8.96. The number of likely N-dealkylation sites (N-methyl/N-ethyl adjacent to an activating group) is 1. The van der Waals surface area contributed by atoms with Crippen LogP contribution in [0.1, 0.15) is 64.4 Å². The number of carbonyl (C=O) groups is 2. The predicted molar refractivity (Wildman–Crippen MR) is 145 cm³/mol. The number of nitrogens with zero attached hydrogens (tertiary/aromatic N) is 4. The van der Waals surface area contributed by atoms with Crippen LogP contribution in [0.3, 0.4) is 0 Å². The van der Waals surface area contributed by atoms with Gasteiger partial charge in [-0.3, -0.25) is 14.3 Å². The highest BCUT2D eigenvalue weighted by Gasteiger charge is 2.61. The Morgan fingerprint density at radius 1 is 1.26 bits per heavy atom. The molecule has 1 saturated carbocycles. The van der Waals surface area contributed by atoms with E-state index >= 15 is 0 Å². The molecular weight excluding hydrogens is 520 g/mol. The molecule has 4 rings (SSSR count). The molecule has 0 bridgehead atoms. The van der Waals surface area contributed by atoms with E-state index in [1.807, 2.05) is 0 Å². The summed E-state index contributed by atoms with van der Waals surface area (Å²) in [7, 11) is -0.190. The number of ether oxygens (including phenoxy) is 1. The van der Waals surface area contributed by atoms with Crippen LogP contribution >= 0.6 is 0 Å². The van der Waals surface area contributed by atoms with Gasteiger partial charge in [0.25, 0.3) is 11.8 Å². The monoisotopic (exact) mass is 556 g/mol. The number of rotatable bonds is 12. The minimum absolute atomic E-state index is 0.0829. The standard InChI is InChI=1S/C27H36N6O5S/c1-26(2,18-38-14-12-29-3)39(36,37)27(10-11-27)17-33-13-9-21-22(31-32(4)23(21)25(33)35)24(34)30-16-20-7-5-19(15-28)6-8-20/h5-8,29H,9-14,16-18H2,1-4H3,(H,30,34). The maximum atomic E-state index is 13.7. The second-order valence-electron chi connectivity index (χ2n) is 10.9. The molecule has 0 saturated heterocycles. The van der Waals surface area contributed by atoms with Crippen molar-refractivity contribution in [3.8, 4) is 6.07 Å². The van der Waals surface area contributed by atoms with E-state index in [0.29, 0.717) is 55.8 Å². The van der Waals surface area contributed by atoms with Gasteiger partial charge in [0.2, 0.25) is 0 Å². The zero-order valence-corrected chi connectivity index (χ0v) is 23.7. The van der Waals surface area contributed by atoms with Crippen LogP contribution in [-0.4, -0.2) is 84.3 Å². The highest BCUT2D eigenvalue weighted by molar-refractivity contribution is 7.94. The molecule has 2 amide bonds. The van der Waals surface area contributed by atoms with E-state index in [1.165, 1.54) is 4.68 Å². The minimum Gasteiger partial charge on any atom is -0.379 e. The van der Waals surface area contributed by atoms with Crippen molar-refractivity contribution in [3.05, 3.63) is 52.3 Å². The van der Waals surface area contributed by atoms with Crippen molar-refractivity contribution in [2.24, 2.45) is 7.05 Å². The Morgan fingerprint density at radius 3 is 2.56 bits per heavy atom. The summed E-state index contributed by atoms with van der Waals surface area (Å²) < 4.78 is 32.3. The molecule has 2 N–H and O–H groups in total. The van der Waals surface area contributed by atoms with E-state index in [4.69, 9.17) is 10.00 Å². The highest BCUT2D eigenvalue weighted by Crippen LogP contribution is 2.49. The van der Waals surface area contributed by atoms with Crippen molar-refractivity contribution in [1.82, 2.24) is 25.3 Å². The van der Waals surface area contributed by atoms with Crippen LogP contribution in [0.2, 0.25) is 0 Å². The second kappa shape index (κ2) is 11.1. The first-order valence-electron chi connectivity index (χ1n) is 13.1. The summed E-state index contributed by atoms with van der Waals surface area (Å²) in [5, 5.41) is 19.1. The zero-order valence-electron chi connectivity index (χ0n) is 22.9. The van der Waals surface area contributed by atoms with E-state index in [2.05, 4.69) is 21.8 Å². The molecule has 2 aromatic rings. The van der Waals surface area contributed by atoms with Gasteiger partial charge in [0, 0.05) is 38.8 Å². The Hall–Kier alpha value is -3.27. The molecule has 0 radical (unpaired) electrons. The van der Waals surface area contributed by atoms with Crippen molar-refractivity contribution in [2.45, 2.75) is 49.1 Å². The number of nitriles is 1. The lowest BCUT2D eigenvalue weighted by atomic mass is 10.0. The zero-order chi connectivity index (χ0) is 28.4. The van der Waals surface area contributed by atoms with Crippen molar-refractivity contribution in [1.29, 1.82) is 5.26 Å². The Bertz CT molecular complexity index is 1390. The molecule has 0 spiro atoms. The third-order valence-electron chi connectivity index (χ3n) is 7.55. The number of hydrogen-bond donors (Lipinski definition) is 2. The summed E-state index contributed by atoms with van der Waals surface area (Å²) >= 11 is 0. The van der Waals surface area contributed by atoms with Crippen molar-refractivity contribution >= 4 is 21.7 Å². The van der Waals surface area contributed by atoms with Crippen LogP contribution < -0.4 is 10.6 Å². The van der Waals surface area contributed by atoms with Gasteiger partial charge < -0.3 is 20.3 Å². The molecule has 1 aliphatic carbocycles. The van der Waals surface area contributed by atoms with E-state index in [-0.39, 0.29) is 31.3 Å². The molecule has 1 fully saturated rings. The van der Waals surface area contributed by atoms with Crippen LogP contribution in [-0.2, 0) is 34.6 Å². The number of amides is 2. The van der Waals surface area contributed by atoms with E-state index in [0.717, 1.165) is 5.56 Å². The van der Waals surface area contributed by atoms with Crippen LogP contribution in [0.15, 0.2) is 24.3 Å². The molecule has 2 heterocycles. The summed E-state index contributed by atoms with van der Waals surface area (Å²) in [5.74, 6) is -0.708. The minimum atomic E-state index is -3.61. The first kappa shape index (κ1) is 28.7. The van der Waals surface area contributed by atoms with Crippen molar-refractivity contribution in [2.75, 3.05) is 39.9 Å². The number of nitrogens with one attached hydrogen (secondary N) is 2. The van der Waals surface area contributed by atoms with Gasteiger partial charge in [0.1, 0.15) is 5.69 Å². The molecule has 12 heteroatoms. The largest absolute Gasteiger partial charge is 0.379 e. The van der Waals surface area contributed by atoms with Gasteiger partial charge in [0.05, 0.1) is 34.3 Å². The third-order valence-corrected chi connectivity index (χ3v) is 10.8. The molecule has 1 aliphatic heterocycles. The molecular formula is C27H36N6O5S. The smallest absolute Gasteiger partial charge is 0.272 e. The third kappa shape index (κ3) is 5.57. The quantitative estimate of drug-likeness (QED) is 0.371. The Balaban J connectivity index is 1.45. The van der Waals surface area contributed by atoms with Crippen LogP contribution in [0.4, 0.5) is 0 Å². The number of hydrogen-bond acceptors (Lipinski definition) is 8. The lowest BCUT2D eigenvalue weighted by Crippen LogP contribution is -2.52. The summed E-state index contributed by atoms with van der Waals surface area (Å²) in [6.07, 6.45) is 1.40. The van der Waals surface area contributed by atoms with E-state index in [1.54, 1.807) is 57.1 Å². The summed E-state index contributed by atoms with van der Waals surface area (Å²) in [6.45, 7) is 5.17. The first-order valence-corrected chi connectivity index (χ1v) is 14.5. The number of aromatic nitrogens is 2. The fourth-order valence-corrected chi connectivity index (χ4v) is 7.40. The predicted octanol–water partition coefficient (Wildman–Crippen LogP) is 1.18. The van der Waals surface area contributed by atoms with Crippen molar-refractivity contribution < 1.29 is 22.7 Å². The number of aryl methyl sites for hydroxylation is 1. The number of sulfone groups is 1. The fraction of sp³-hybridized carbons (Fsp3) is 0.556. The Kier molecular flexibility index (Phi) is 8.16. The average Bonchev–Trinajstić information content (AvgIpc) is 3.63. The van der Waals surface area contributed by atoms with Gasteiger partial charge in [-0.05, 0) is 57.9 Å². The maximum absolute atomic E-state index is 13.7. The molecule has 39 heavy (non-hydrogen) atoms. The Morgan fingerprint density at radius 2 is 1.95 bits per heavy atom. The van der Waals surface area contributed by atoms with Crippen LogP contribution in [0, 0.1) is 11.3 Å². The number of benzene rings is 1. The molecule has 11 nitrogen and oxygen atoms in total. The maximum Gasteiger partial charge on any atom is 0.272 e. The SMILES string of the molecule is CNCCOCC(C)(C)S(=O)(=O)C1(CN2CCc3c(C(=O)NCc4ccc(C#N)cc4)nn(C)c3C2=O)CC1. The van der Waals surface area contributed by atoms with Crippen LogP contribution in [0.25, 0.3) is 0 Å². The fourth-order valence-electron chi connectivity index (χ4n) is 5.02. The normalized spacial score (nSPS) is 16.5. The topological polar surface area (TPSA) is 146 Å². The number of carbonyl (C=O) groups excluding carboxylic acids is 2. The first-order chi connectivity index (χ1) is 18.5. The lowest BCUT2D eigenvalue weighted by molar-refractivity contribution is 0.0723. The van der Waals surface area contributed by atoms with Gasteiger partial charge in [-0.2, -0.15) is 10.4 Å². The molecule has 0 unspecified atom stereocenters. The number of fused-ring (bicyclic) bond motifs is 1. The van der Waals surface area contributed by atoms with Gasteiger partial charge >= 0.3 is 0 Å². The van der Waals surface area contributed by atoms with Gasteiger partial charge in [-0.15, -0.1) is 0 Å². The Labute approximate surface area is 229 Å². The van der Waals surface area contributed by atoms with Gasteiger partial charge in [0.15, 0.2) is 15.5 Å². The second-order valence-corrected chi connectivity index (χ2v) is 13.8. The summed E-state index contributed by atoms with van der Waals surface area (Å²) in [5.41, 5.74) is 2.45. The van der Waals surface area contributed by atoms with Gasteiger partial charge in [-0.1, -0.05) is 12.1 Å². The van der Waals surface area contributed by atoms with E-state index < -0.39 is 25.2 Å². The van der Waals surface area contributed by atoms with Crippen LogP contribution in [0.5, 0.6) is 0 Å². The van der Waals surface area contributed by atoms with Gasteiger partial charge in [-0.25, -0.2) is 8.42 Å². The summed E-state index contributed by atoms with van der Waals surface area (Å²) in [4.78, 5) is 28.1. The van der Waals surface area contributed by atoms with E-state index in [9.17, 15) is 18.0 Å². The highest BCUT2D eigenvalue weighted by atomic mass is 32.2. The molecule has 1 aromatic carbocycles. The molecule has 2 aliphatic rings. The molecule has 210 valence electrons. The molecule has 0 atom stereocenters. The molecule has 1 aromatic heterocycles. The van der Waals surface area contributed by atoms with Crippen molar-refractivity contribution in [3.63, 3.8) is 0 Å². The average molecular weight is 557 g/mol.